The summed E-state index contributed by atoms with van der Waals surface area (Å²) < 4.78 is 22.5. The number of aromatic nitrogens is 1. The number of piperazine rings is 1. The average molecular weight is 318 g/mol. The summed E-state index contributed by atoms with van der Waals surface area (Å²) in [6.07, 6.45) is 1.71. The molecule has 3 heterocycles. The van der Waals surface area contributed by atoms with Crippen LogP contribution in [0.25, 0.3) is 10.9 Å². The molecule has 7 heteroatoms. The highest BCUT2D eigenvalue weighted by Gasteiger charge is 2.28. The summed E-state index contributed by atoms with van der Waals surface area (Å²) in [5, 5.41) is 2.20. The normalized spacial score (nSPS) is 18.4. The number of pyridine rings is 1. The van der Waals surface area contributed by atoms with E-state index in [1.54, 1.807) is 6.20 Å². The number of halogens is 1. The second-order valence-electron chi connectivity index (χ2n) is 6.18. The molecule has 0 radical (unpaired) electrons. The first-order valence-electron chi connectivity index (χ1n) is 7.72. The third-order valence-electron chi connectivity index (χ3n) is 4.63. The smallest absolute Gasteiger partial charge is 0.189 e. The first-order chi connectivity index (χ1) is 11.1. The lowest BCUT2D eigenvalue weighted by Gasteiger charge is -2.37. The van der Waals surface area contributed by atoms with Crippen LogP contribution in [0.15, 0.2) is 23.1 Å². The highest BCUT2D eigenvalue weighted by molar-refractivity contribution is 5.92. The highest BCUT2D eigenvalue weighted by Crippen LogP contribution is 2.39. The molecule has 0 aliphatic carbocycles. The SMILES string of the molecule is CN1CCN(c2c(F)cc3c(=O)ccn4c3c2OCN4C)CC1. The quantitative estimate of drug-likeness (QED) is 0.778. The molecule has 1 fully saturated rings. The largest absolute Gasteiger partial charge is 0.467 e. The van der Waals surface area contributed by atoms with E-state index in [0.29, 0.717) is 29.1 Å². The van der Waals surface area contributed by atoms with Crippen molar-refractivity contribution in [3.8, 4) is 5.75 Å². The van der Waals surface area contributed by atoms with E-state index >= 15 is 0 Å². The molecule has 1 saturated heterocycles. The number of likely N-dealkylation sites (N-methyl/N-ethyl adjacent to an activating group) is 1. The number of rotatable bonds is 1. The lowest BCUT2D eigenvalue weighted by molar-refractivity contribution is 0.274. The van der Waals surface area contributed by atoms with Gasteiger partial charge in [-0.15, -0.1) is 0 Å². The second-order valence-corrected chi connectivity index (χ2v) is 6.18. The molecule has 1 aromatic heterocycles. The van der Waals surface area contributed by atoms with Crippen LogP contribution >= 0.6 is 0 Å². The number of nitrogens with zero attached hydrogens (tertiary/aromatic N) is 4. The van der Waals surface area contributed by atoms with E-state index in [9.17, 15) is 9.18 Å². The average Bonchev–Trinajstić information content (AvgIpc) is 2.54. The minimum Gasteiger partial charge on any atom is -0.467 e. The molecule has 6 nitrogen and oxygen atoms in total. The minimum absolute atomic E-state index is 0.194. The van der Waals surface area contributed by atoms with Crippen molar-refractivity contribution in [2.24, 2.45) is 0 Å². The fourth-order valence-corrected chi connectivity index (χ4v) is 3.29. The molecule has 2 aromatic rings. The van der Waals surface area contributed by atoms with E-state index in [1.165, 1.54) is 12.1 Å². The van der Waals surface area contributed by atoms with Gasteiger partial charge < -0.3 is 14.5 Å². The van der Waals surface area contributed by atoms with Crippen LogP contribution in [0.5, 0.6) is 5.75 Å². The number of benzene rings is 1. The zero-order valence-electron chi connectivity index (χ0n) is 13.3. The van der Waals surface area contributed by atoms with Gasteiger partial charge in [-0.1, -0.05) is 0 Å². The minimum atomic E-state index is -0.392. The van der Waals surface area contributed by atoms with Gasteiger partial charge in [0.25, 0.3) is 0 Å². The van der Waals surface area contributed by atoms with Crippen molar-refractivity contribution in [1.82, 2.24) is 9.58 Å². The van der Waals surface area contributed by atoms with Gasteiger partial charge in [-0.3, -0.25) is 14.5 Å². The van der Waals surface area contributed by atoms with Gasteiger partial charge in [0, 0.05) is 45.5 Å². The standard InChI is InChI=1S/C16H19FN4O2/c1-18-5-7-20(8-6-18)15-12(17)9-11-13(22)3-4-21-14(11)16(15)23-10-19(21)2/h3-4,9H,5-8,10H2,1-2H3. The van der Waals surface area contributed by atoms with Gasteiger partial charge >= 0.3 is 0 Å². The topological polar surface area (TPSA) is 41.0 Å². The van der Waals surface area contributed by atoms with E-state index in [1.807, 2.05) is 21.6 Å². The molecule has 0 saturated carbocycles. The van der Waals surface area contributed by atoms with Crippen molar-refractivity contribution in [1.29, 1.82) is 0 Å². The van der Waals surface area contributed by atoms with Crippen LogP contribution in [0.4, 0.5) is 10.1 Å². The first kappa shape index (κ1) is 14.3. The summed E-state index contributed by atoms with van der Waals surface area (Å²) >= 11 is 0. The first-order valence-corrected chi connectivity index (χ1v) is 7.72. The Kier molecular flexibility index (Phi) is 3.19. The summed E-state index contributed by atoms with van der Waals surface area (Å²) in [4.78, 5) is 16.4. The van der Waals surface area contributed by atoms with Crippen LogP contribution in [0.1, 0.15) is 0 Å². The molecule has 0 spiro atoms. The Morgan fingerprint density at radius 3 is 2.65 bits per heavy atom. The monoisotopic (exact) mass is 318 g/mol. The molecule has 122 valence electrons. The number of hydrogen-bond acceptors (Lipinski definition) is 5. The summed E-state index contributed by atoms with van der Waals surface area (Å²) in [5.41, 5.74) is 0.917. The predicted octanol–water partition coefficient (Wildman–Crippen LogP) is 0.810. The lowest BCUT2D eigenvalue weighted by Crippen LogP contribution is -2.45. The van der Waals surface area contributed by atoms with Gasteiger partial charge in [0.1, 0.15) is 11.2 Å². The molecule has 0 amide bonds. The number of hydrogen-bond donors (Lipinski definition) is 0. The van der Waals surface area contributed by atoms with Crippen molar-refractivity contribution in [2.45, 2.75) is 0 Å². The molecule has 2 aliphatic heterocycles. The zero-order chi connectivity index (χ0) is 16.1. The summed E-state index contributed by atoms with van der Waals surface area (Å²) in [5.74, 6) is 0.0804. The third kappa shape index (κ3) is 2.15. The second kappa shape index (κ2) is 5.13. The Bertz CT molecular complexity index is 827. The van der Waals surface area contributed by atoms with Crippen molar-refractivity contribution < 1.29 is 9.13 Å². The van der Waals surface area contributed by atoms with Crippen molar-refractivity contribution in [2.75, 3.05) is 56.9 Å². The molecule has 0 unspecified atom stereocenters. The maximum atomic E-state index is 14.8. The predicted molar refractivity (Wildman–Crippen MR) is 87.5 cm³/mol. The van der Waals surface area contributed by atoms with Crippen molar-refractivity contribution in [3.63, 3.8) is 0 Å². The van der Waals surface area contributed by atoms with Crippen LogP contribution in [0, 0.1) is 5.82 Å². The number of anilines is 1. The Morgan fingerprint density at radius 1 is 1.17 bits per heavy atom. The molecular formula is C16H19FN4O2. The third-order valence-corrected chi connectivity index (χ3v) is 4.63. The maximum absolute atomic E-state index is 14.8. The van der Waals surface area contributed by atoms with E-state index in [2.05, 4.69) is 11.9 Å². The highest BCUT2D eigenvalue weighted by atomic mass is 19.1. The van der Waals surface area contributed by atoms with E-state index in [0.717, 1.165) is 26.2 Å². The van der Waals surface area contributed by atoms with E-state index in [4.69, 9.17) is 4.74 Å². The molecular weight excluding hydrogens is 299 g/mol. The van der Waals surface area contributed by atoms with Gasteiger partial charge in [0.05, 0.1) is 5.39 Å². The Hall–Kier alpha value is -2.28. The van der Waals surface area contributed by atoms with Crippen molar-refractivity contribution in [3.05, 3.63) is 34.4 Å². The Labute approximate surface area is 133 Å². The zero-order valence-corrected chi connectivity index (χ0v) is 13.3. The van der Waals surface area contributed by atoms with Crippen LogP contribution in [0.3, 0.4) is 0 Å². The summed E-state index contributed by atoms with van der Waals surface area (Å²) in [6, 6.07) is 2.80. The Balaban J connectivity index is 1.96. The van der Waals surface area contributed by atoms with E-state index < -0.39 is 5.82 Å². The molecule has 23 heavy (non-hydrogen) atoms. The van der Waals surface area contributed by atoms with E-state index in [-0.39, 0.29) is 5.43 Å². The molecule has 4 rings (SSSR count). The van der Waals surface area contributed by atoms with Crippen molar-refractivity contribution >= 4 is 16.6 Å². The fourth-order valence-electron chi connectivity index (χ4n) is 3.29. The van der Waals surface area contributed by atoms with Crippen LogP contribution in [0.2, 0.25) is 0 Å². The molecule has 2 aliphatic rings. The molecule has 0 atom stereocenters. The van der Waals surface area contributed by atoms with Crippen LogP contribution < -0.4 is 20.1 Å². The van der Waals surface area contributed by atoms with Gasteiger partial charge in [0.15, 0.2) is 23.7 Å². The Morgan fingerprint density at radius 2 is 1.91 bits per heavy atom. The molecule has 0 bridgehead atoms. The van der Waals surface area contributed by atoms with Gasteiger partial charge in [-0.05, 0) is 13.1 Å². The van der Waals surface area contributed by atoms with Crippen LogP contribution in [-0.4, -0.2) is 56.6 Å². The van der Waals surface area contributed by atoms with Crippen LogP contribution in [-0.2, 0) is 0 Å². The molecule has 0 N–H and O–H groups in total. The van der Waals surface area contributed by atoms with Gasteiger partial charge in [0.2, 0.25) is 0 Å². The fraction of sp³-hybridized carbons (Fsp3) is 0.438. The lowest BCUT2D eigenvalue weighted by atomic mass is 10.1. The maximum Gasteiger partial charge on any atom is 0.189 e. The number of ether oxygens (including phenoxy) is 1. The van der Waals surface area contributed by atoms with Gasteiger partial charge in [-0.25, -0.2) is 4.39 Å². The summed E-state index contributed by atoms with van der Waals surface area (Å²) in [7, 11) is 3.92. The van der Waals surface area contributed by atoms with Gasteiger partial charge in [-0.2, -0.15) is 0 Å². The molecule has 1 aromatic carbocycles. The summed E-state index contributed by atoms with van der Waals surface area (Å²) in [6.45, 7) is 3.54.